The number of carbonyl (C=O) groups is 1. The highest BCUT2D eigenvalue weighted by Crippen LogP contribution is 2.22. The molecule has 0 saturated carbocycles. The predicted molar refractivity (Wildman–Crippen MR) is 58.0 cm³/mol. The standard InChI is InChI=1S/C12H10N2O2/c15-12(16)11(9-4-7-13-8-5-9)10-3-1-2-6-14-10/h1-8,11H,(H,15,16). The van der Waals surface area contributed by atoms with E-state index in [0.29, 0.717) is 11.3 Å². The molecule has 0 aliphatic carbocycles. The number of hydrogen-bond acceptors (Lipinski definition) is 3. The molecule has 16 heavy (non-hydrogen) atoms. The minimum Gasteiger partial charge on any atom is -0.480 e. The molecule has 2 aromatic heterocycles. The number of hydrogen-bond donors (Lipinski definition) is 1. The number of aromatic nitrogens is 2. The third-order valence-electron chi connectivity index (χ3n) is 2.27. The van der Waals surface area contributed by atoms with E-state index in [1.807, 2.05) is 0 Å². The van der Waals surface area contributed by atoms with Gasteiger partial charge in [0.05, 0.1) is 5.69 Å². The zero-order valence-electron chi connectivity index (χ0n) is 8.45. The van der Waals surface area contributed by atoms with Crippen LogP contribution < -0.4 is 0 Å². The smallest absolute Gasteiger partial charge is 0.317 e. The van der Waals surface area contributed by atoms with Crippen molar-refractivity contribution < 1.29 is 9.90 Å². The molecule has 0 aliphatic heterocycles. The maximum absolute atomic E-state index is 11.2. The highest BCUT2D eigenvalue weighted by molar-refractivity contribution is 5.79. The van der Waals surface area contributed by atoms with Crippen LogP contribution in [0.25, 0.3) is 0 Å². The lowest BCUT2D eigenvalue weighted by atomic mass is 9.96. The van der Waals surface area contributed by atoms with Crippen LogP contribution in [0.5, 0.6) is 0 Å². The van der Waals surface area contributed by atoms with Gasteiger partial charge < -0.3 is 5.11 Å². The van der Waals surface area contributed by atoms with Crippen LogP contribution in [0.2, 0.25) is 0 Å². The quantitative estimate of drug-likeness (QED) is 0.844. The SMILES string of the molecule is O=C(O)C(c1ccncc1)c1ccccn1. The normalized spacial score (nSPS) is 12.0. The van der Waals surface area contributed by atoms with Crippen molar-refractivity contribution in [3.05, 3.63) is 60.2 Å². The molecule has 2 heterocycles. The summed E-state index contributed by atoms with van der Waals surface area (Å²) in [7, 11) is 0. The largest absolute Gasteiger partial charge is 0.480 e. The first-order valence-electron chi connectivity index (χ1n) is 4.82. The van der Waals surface area contributed by atoms with E-state index in [1.165, 1.54) is 0 Å². The molecule has 4 nitrogen and oxygen atoms in total. The fourth-order valence-corrected chi connectivity index (χ4v) is 1.54. The topological polar surface area (TPSA) is 63.1 Å². The molecule has 0 spiro atoms. The van der Waals surface area contributed by atoms with Gasteiger partial charge in [0.25, 0.3) is 0 Å². The minimum absolute atomic E-state index is 0.529. The monoisotopic (exact) mass is 214 g/mol. The van der Waals surface area contributed by atoms with Crippen molar-refractivity contribution in [1.29, 1.82) is 0 Å². The van der Waals surface area contributed by atoms with E-state index in [-0.39, 0.29) is 0 Å². The summed E-state index contributed by atoms with van der Waals surface area (Å²) in [5.41, 5.74) is 1.21. The van der Waals surface area contributed by atoms with E-state index in [2.05, 4.69) is 9.97 Å². The molecule has 0 radical (unpaired) electrons. The number of nitrogens with zero attached hydrogens (tertiary/aromatic N) is 2. The Balaban J connectivity index is 2.44. The number of carboxylic acids is 1. The van der Waals surface area contributed by atoms with Crippen molar-refractivity contribution in [3.63, 3.8) is 0 Å². The molecule has 1 atom stereocenters. The van der Waals surface area contributed by atoms with Gasteiger partial charge in [0.15, 0.2) is 0 Å². The van der Waals surface area contributed by atoms with Crippen molar-refractivity contribution in [2.75, 3.05) is 0 Å². The second-order valence-corrected chi connectivity index (χ2v) is 3.31. The van der Waals surface area contributed by atoms with Crippen LogP contribution in [0.15, 0.2) is 48.9 Å². The average Bonchev–Trinajstić information content (AvgIpc) is 2.31. The van der Waals surface area contributed by atoms with Crippen molar-refractivity contribution >= 4 is 5.97 Å². The van der Waals surface area contributed by atoms with Gasteiger partial charge >= 0.3 is 5.97 Å². The number of carboxylic acid groups (broad SMARTS) is 1. The molecular weight excluding hydrogens is 204 g/mol. The fourth-order valence-electron chi connectivity index (χ4n) is 1.54. The second kappa shape index (κ2) is 4.53. The molecule has 1 N–H and O–H groups in total. The number of aliphatic carboxylic acids is 1. The van der Waals surface area contributed by atoms with E-state index >= 15 is 0 Å². The molecular formula is C12H10N2O2. The van der Waals surface area contributed by atoms with Crippen LogP contribution in [0.1, 0.15) is 17.2 Å². The summed E-state index contributed by atoms with van der Waals surface area (Å²) in [4.78, 5) is 19.2. The number of pyridine rings is 2. The highest BCUT2D eigenvalue weighted by atomic mass is 16.4. The van der Waals surface area contributed by atoms with Crippen molar-refractivity contribution in [2.45, 2.75) is 5.92 Å². The van der Waals surface area contributed by atoms with Gasteiger partial charge in [-0.05, 0) is 29.8 Å². The Kier molecular flexibility index (Phi) is 2.91. The fraction of sp³-hybridized carbons (Fsp3) is 0.0833. The molecule has 0 bridgehead atoms. The molecule has 2 rings (SSSR count). The summed E-state index contributed by atoms with van der Waals surface area (Å²) < 4.78 is 0. The summed E-state index contributed by atoms with van der Waals surface area (Å²) in [5.74, 6) is -1.64. The molecule has 0 aromatic carbocycles. The Morgan fingerprint density at radius 1 is 1.12 bits per heavy atom. The van der Waals surface area contributed by atoms with Gasteiger partial charge in [-0.3, -0.25) is 14.8 Å². The van der Waals surface area contributed by atoms with Crippen molar-refractivity contribution in [3.8, 4) is 0 Å². The maximum atomic E-state index is 11.2. The van der Waals surface area contributed by atoms with Crippen molar-refractivity contribution in [2.24, 2.45) is 0 Å². The highest BCUT2D eigenvalue weighted by Gasteiger charge is 2.22. The first-order valence-corrected chi connectivity index (χ1v) is 4.82. The minimum atomic E-state index is -0.912. The molecule has 0 amide bonds. The Bertz CT molecular complexity index is 431. The van der Waals surface area contributed by atoms with Gasteiger partial charge in [-0.1, -0.05) is 6.07 Å². The molecule has 0 saturated heterocycles. The van der Waals surface area contributed by atoms with E-state index in [4.69, 9.17) is 0 Å². The maximum Gasteiger partial charge on any atom is 0.317 e. The van der Waals surface area contributed by atoms with Gasteiger partial charge in [0, 0.05) is 18.6 Å². The summed E-state index contributed by atoms with van der Waals surface area (Å²) in [6, 6.07) is 8.62. The lowest BCUT2D eigenvalue weighted by Crippen LogP contribution is -2.14. The summed E-state index contributed by atoms with van der Waals surface area (Å²) in [6.45, 7) is 0. The zero-order chi connectivity index (χ0) is 11.4. The Morgan fingerprint density at radius 3 is 2.44 bits per heavy atom. The van der Waals surface area contributed by atoms with Crippen LogP contribution >= 0.6 is 0 Å². The average molecular weight is 214 g/mol. The predicted octanol–water partition coefficient (Wildman–Crippen LogP) is 1.69. The number of rotatable bonds is 3. The molecule has 0 aliphatic rings. The third-order valence-corrected chi connectivity index (χ3v) is 2.27. The van der Waals surface area contributed by atoms with Crippen LogP contribution in [0.4, 0.5) is 0 Å². The third kappa shape index (κ3) is 2.06. The Morgan fingerprint density at radius 2 is 1.88 bits per heavy atom. The van der Waals surface area contributed by atoms with Crippen LogP contribution in [-0.4, -0.2) is 21.0 Å². The van der Waals surface area contributed by atoms with Crippen LogP contribution in [0, 0.1) is 0 Å². The van der Waals surface area contributed by atoms with E-state index in [9.17, 15) is 9.90 Å². The van der Waals surface area contributed by atoms with Gasteiger partial charge in [-0.2, -0.15) is 0 Å². The lowest BCUT2D eigenvalue weighted by Gasteiger charge is -2.11. The van der Waals surface area contributed by atoms with E-state index in [1.54, 1.807) is 48.9 Å². The van der Waals surface area contributed by atoms with Gasteiger partial charge in [-0.25, -0.2) is 0 Å². The Labute approximate surface area is 92.6 Å². The van der Waals surface area contributed by atoms with Crippen LogP contribution in [-0.2, 0) is 4.79 Å². The van der Waals surface area contributed by atoms with Crippen LogP contribution in [0.3, 0.4) is 0 Å². The Hall–Kier alpha value is -2.23. The van der Waals surface area contributed by atoms with Gasteiger partial charge in [0.1, 0.15) is 5.92 Å². The molecule has 80 valence electrons. The molecule has 0 fully saturated rings. The van der Waals surface area contributed by atoms with Gasteiger partial charge in [0.2, 0.25) is 0 Å². The summed E-state index contributed by atoms with van der Waals surface area (Å²) in [6.07, 6.45) is 4.74. The first-order chi connectivity index (χ1) is 7.79. The molecule has 2 aromatic rings. The zero-order valence-corrected chi connectivity index (χ0v) is 8.45. The summed E-state index contributed by atoms with van der Waals surface area (Å²) in [5, 5.41) is 9.22. The van der Waals surface area contributed by atoms with E-state index < -0.39 is 11.9 Å². The molecule has 1 unspecified atom stereocenters. The summed E-state index contributed by atoms with van der Waals surface area (Å²) >= 11 is 0. The van der Waals surface area contributed by atoms with Gasteiger partial charge in [-0.15, -0.1) is 0 Å². The second-order valence-electron chi connectivity index (χ2n) is 3.31. The van der Waals surface area contributed by atoms with E-state index in [0.717, 1.165) is 0 Å². The first kappa shape index (κ1) is 10.3. The lowest BCUT2D eigenvalue weighted by molar-refractivity contribution is -0.137. The van der Waals surface area contributed by atoms with Crippen molar-refractivity contribution in [1.82, 2.24) is 9.97 Å². The molecule has 4 heteroatoms.